The maximum Gasteiger partial charge on any atom is 0.217 e. The van der Waals surface area contributed by atoms with Gasteiger partial charge in [0.15, 0.2) is 5.13 Å². The summed E-state index contributed by atoms with van der Waals surface area (Å²) >= 11 is 7.58. The fourth-order valence-electron chi connectivity index (χ4n) is 3.85. The van der Waals surface area contributed by atoms with Crippen LogP contribution in [0, 0.1) is 0 Å². The van der Waals surface area contributed by atoms with E-state index in [1.165, 1.54) is 11.3 Å². The van der Waals surface area contributed by atoms with Gasteiger partial charge in [-0.15, -0.1) is 0 Å². The molecule has 2 aromatic carbocycles. The molecule has 4 rings (SSSR count). The number of hydrogen-bond donors (Lipinski definition) is 2. The Labute approximate surface area is 178 Å². The normalized spacial score (nSPS) is 17.2. The summed E-state index contributed by atoms with van der Waals surface area (Å²) in [4.78, 5) is 18.9. The summed E-state index contributed by atoms with van der Waals surface area (Å²) in [6.45, 7) is 4.47. The van der Waals surface area contributed by atoms with Crippen molar-refractivity contribution in [2.75, 3.05) is 32.0 Å². The molecule has 1 saturated heterocycles. The number of ether oxygens (including phenoxy) is 1. The van der Waals surface area contributed by atoms with Gasteiger partial charge in [-0.3, -0.25) is 9.69 Å². The molecule has 2 atom stereocenters. The molecule has 6 nitrogen and oxygen atoms in total. The van der Waals surface area contributed by atoms with Crippen molar-refractivity contribution in [3.05, 3.63) is 58.6 Å². The van der Waals surface area contributed by atoms with E-state index >= 15 is 0 Å². The van der Waals surface area contributed by atoms with Crippen LogP contribution in [0.15, 0.2) is 42.5 Å². The molecule has 0 bridgehead atoms. The number of rotatable bonds is 5. The summed E-state index contributed by atoms with van der Waals surface area (Å²) in [7, 11) is 0. The fourth-order valence-corrected chi connectivity index (χ4v) is 4.75. The van der Waals surface area contributed by atoms with Gasteiger partial charge in [-0.2, -0.15) is 0 Å². The van der Waals surface area contributed by atoms with Gasteiger partial charge in [0.05, 0.1) is 35.5 Å². The smallest absolute Gasteiger partial charge is 0.217 e. The number of thiazole rings is 1. The summed E-state index contributed by atoms with van der Waals surface area (Å²) in [5, 5.41) is 4.40. The molecule has 0 aliphatic carbocycles. The van der Waals surface area contributed by atoms with Crippen LogP contribution < -0.4 is 11.1 Å². The predicted molar refractivity (Wildman–Crippen MR) is 117 cm³/mol. The SMILES string of the molecule is CC(=O)NC(c1ccc2nc(N)sc2c1)C(c1ccc(Cl)cc1)N1CCOCC1. The summed E-state index contributed by atoms with van der Waals surface area (Å²) < 4.78 is 6.57. The number of nitrogens with zero attached hydrogens (tertiary/aromatic N) is 2. The lowest BCUT2D eigenvalue weighted by atomic mass is 9.91. The Morgan fingerprint density at radius 3 is 2.59 bits per heavy atom. The lowest BCUT2D eigenvalue weighted by molar-refractivity contribution is -0.120. The van der Waals surface area contributed by atoms with Crippen LogP contribution >= 0.6 is 22.9 Å². The van der Waals surface area contributed by atoms with Crippen molar-refractivity contribution >= 4 is 44.2 Å². The van der Waals surface area contributed by atoms with E-state index in [-0.39, 0.29) is 18.0 Å². The van der Waals surface area contributed by atoms with E-state index in [1.807, 2.05) is 36.4 Å². The van der Waals surface area contributed by atoms with E-state index in [4.69, 9.17) is 22.1 Å². The molecular formula is C21H23ClN4O2S. The van der Waals surface area contributed by atoms with E-state index in [2.05, 4.69) is 21.3 Å². The van der Waals surface area contributed by atoms with Crippen molar-refractivity contribution in [1.29, 1.82) is 0 Å². The van der Waals surface area contributed by atoms with Crippen LogP contribution in [0.25, 0.3) is 10.2 Å². The third kappa shape index (κ3) is 4.53. The van der Waals surface area contributed by atoms with Crippen LogP contribution in [-0.2, 0) is 9.53 Å². The van der Waals surface area contributed by atoms with Gasteiger partial charge in [0.25, 0.3) is 0 Å². The Bertz CT molecular complexity index is 1000. The molecule has 1 aliphatic rings. The Balaban J connectivity index is 1.80. The largest absolute Gasteiger partial charge is 0.379 e. The Morgan fingerprint density at radius 1 is 1.21 bits per heavy atom. The van der Waals surface area contributed by atoms with Gasteiger partial charge < -0.3 is 15.8 Å². The number of fused-ring (bicyclic) bond motifs is 1. The van der Waals surface area contributed by atoms with E-state index in [0.717, 1.165) is 34.4 Å². The zero-order valence-electron chi connectivity index (χ0n) is 16.1. The lowest BCUT2D eigenvalue weighted by Crippen LogP contribution is -2.45. The van der Waals surface area contributed by atoms with E-state index in [1.54, 1.807) is 6.92 Å². The molecule has 0 radical (unpaired) electrons. The number of amides is 1. The zero-order chi connectivity index (χ0) is 20.4. The van der Waals surface area contributed by atoms with E-state index < -0.39 is 0 Å². The van der Waals surface area contributed by atoms with Gasteiger partial charge in [-0.1, -0.05) is 41.1 Å². The first-order chi connectivity index (χ1) is 14.0. The minimum absolute atomic E-state index is 0.0530. The molecule has 1 amide bonds. The first-order valence-electron chi connectivity index (χ1n) is 9.51. The third-order valence-electron chi connectivity index (χ3n) is 5.11. The van der Waals surface area contributed by atoms with Gasteiger partial charge in [0.2, 0.25) is 5.91 Å². The number of aromatic nitrogens is 1. The topological polar surface area (TPSA) is 80.5 Å². The zero-order valence-corrected chi connectivity index (χ0v) is 17.7. The van der Waals surface area contributed by atoms with Crippen molar-refractivity contribution in [1.82, 2.24) is 15.2 Å². The predicted octanol–water partition coefficient (Wildman–Crippen LogP) is 3.78. The van der Waals surface area contributed by atoms with Crippen LogP contribution in [0.3, 0.4) is 0 Å². The second-order valence-corrected chi connectivity index (χ2v) is 8.60. The first-order valence-corrected chi connectivity index (χ1v) is 10.7. The molecule has 29 heavy (non-hydrogen) atoms. The third-order valence-corrected chi connectivity index (χ3v) is 6.21. The molecule has 0 saturated carbocycles. The molecule has 8 heteroatoms. The van der Waals surface area contributed by atoms with Crippen molar-refractivity contribution < 1.29 is 9.53 Å². The summed E-state index contributed by atoms with van der Waals surface area (Å²) in [6.07, 6.45) is 0. The van der Waals surface area contributed by atoms with E-state index in [0.29, 0.717) is 23.4 Å². The molecule has 0 spiro atoms. The maximum atomic E-state index is 12.2. The molecule has 3 aromatic rings. The average Bonchev–Trinajstić information content (AvgIpc) is 3.08. The van der Waals surface area contributed by atoms with Gasteiger partial charge >= 0.3 is 0 Å². The molecule has 3 N–H and O–H groups in total. The number of carbonyl (C=O) groups is 1. The second kappa shape index (κ2) is 8.67. The highest BCUT2D eigenvalue weighted by Gasteiger charge is 2.32. The summed E-state index contributed by atoms with van der Waals surface area (Å²) in [5.74, 6) is -0.0776. The van der Waals surface area contributed by atoms with Gasteiger partial charge in [0.1, 0.15) is 0 Å². The van der Waals surface area contributed by atoms with Gasteiger partial charge in [-0.25, -0.2) is 4.98 Å². The van der Waals surface area contributed by atoms with Crippen molar-refractivity contribution in [2.45, 2.75) is 19.0 Å². The van der Waals surface area contributed by atoms with Crippen LogP contribution in [0.4, 0.5) is 5.13 Å². The molecule has 1 fully saturated rings. The van der Waals surface area contributed by atoms with Crippen LogP contribution in [0.2, 0.25) is 5.02 Å². The van der Waals surface area contributed by atoms with Gasteiger partial charge in [-0.05, 0) is 35.4 Å². The number of nitrogen functional groups attached to an aromatic ring is 1. The Hall–Kier alpha value is -2.19. The number of hydrogen-bond acceptors (Lipinski definition) is 6. The Kier molecular flexibility index (Phi) is 6.01. The molecular weight excluding hydrogens is 408 g/mol. The first kappa shape index (κ1) is 20.1. The number of anilines is 1. The molecule has 1 aliphatic heterocycles. The quantitative estimate of drug-likeness (QED) is 0.643. The van der Waals surface area contributed by atoms with Crippen molar-refractivity contribution in [3.8, 4) is 0 Å². The number of benzene rings is 2. The van der Waals surface area contributed by atoms with Gasteiger partial charge in [0, 0.05) is 25.0 Å². The average molecular weight is 431 g/mol. The van der Waals surface area contributed by atoms with Crippen LogP contribution in [0.5, 0.6) is 0 Å². The monoisotopic (exact) mass is 430 g/mol. The number of nitrogens with one attached hydrogen (secondary N) is 1. The lowest BCUT2D eigenvalue weighted by Gasteiger charge is -2.39. The minimum Gasteiger partial charge on any atom is -0.379 e. The number of halogens is 1. The molecule has 2 heterocycles. The van der Waals surface area contributed by atoms with Crippen LogP contribution in [0.1, 0.15) is 30.1 Å². The number of nitrogens with two attached hydrogens (primary N) is 1. The second-order valence-electron chi connectivity index (χ2n) is 7.10. The number of morpholine rings is 1. The number of carbonyl (C=O) groups excluding carboxylic acids is 1. The molecule has 1 aromatic heterocycles. The Morgan fingerprint density at radius 2 is 1.90 bits per heavy atom. The van der Waals surface area contributed by atoms with Crippen molar-refractivity contribution in [2.24, 2.45) is 0 Å². The van der Waals surface area contributed by atoms with Crippen molar-refractivity contribution in [3.63, 3.8) is 0 Å². The maximum absolute atomic E-state index is 12.2. The highest BCUT2D eigenvalue weighted by Crippen LogP contribution is 2.37. The fraction of sp³-hybridized carbons (Fsp3) is 0.333. The molecule has 152 valence electrons. The summed E-state index contributed by atoms with van der Waals surface area (Å²) in [5.41, 5.74) is 8.86. The van der Waals surface area contributed by atoms with E-state index in [9.17, 15) is 4.79 Å². The standard InChI is InChI=1S/C21H23ClN4O2S/c1-13(27)24-19(15-4-7-17-18(12-15)29-21(23)25-17)20(26-8-10-28-11-9-26)14-2-5-16(22)6-3-14/h2-7,12,19-20H,8-11H2,1H3,(H2,23,25)(H,24,27). The summed E-state index contributed by atoms with van der Waals surface area (Å²) in [6, 6.07) is 13.6. The molecule has 2 unspecified atom stereocenters. The minimum atomic E-state index is -0.237. The highest BCUT2D eigenvalue weighted by molar-refractivity contribution is 7.22. The van der Waals surface area contributed by atoms with Crippen LogP contribution in [-0.4, -0.2) is 42.1 Å². The highest BCUT2D eigenvalue weighted by atomic mass is 35.5.